The molecule has 3 rings (SSSR count). The molecule has 0 saturated carbocycles. The Balaban J connectivity index is 1.84. The molecule has 1 aromatic carbocycles. The average molecular weight is 346 g/mol. The van der Waals surface area contributed by atoms with Crippen LogP contribution in [0.1, 0.15) is 45.1 Å². The van der Waals surface area contributed by atoms with Crippen LogP contribution in [0.4, 0.5) is 4.39 Å². The van der Waals surface area contributed by atoms with Gasteiger partial charge in [0, 0.05) is 5.92 Å². The van der Waals surface area contributed by atoms with E-state index < -0.39 is 0 Å². The number of halogens is 1. The van der Waals surface area contributed by atoms with E-state index in [1.807, 2.05) is 12.1 Å². The molecule has 1 aliphatic carbocycles. The summed E-state index contributed by atoms with van der Waals surface area (Å²) in [6, 6.07) is 5.12. The minimum Gasteiger partial charge on any atom is -0.494 e. The molecule has 1 fully saturated rings. The van der Waals surface area contributed by atoms with Gasteiger partial charge >= 0.3 is 0 Å². The lowest BCUT2D eigenvalue weighted by Crippen LogP contribution is -2.44. The molecule has 1 unspecified atom stereocenters. The first-order chi connectivity index (χ1) is 12.0. The number of rotatable bonds is 6. The number of benzene rings is 1. The molecule has 4 heteroatoms. The highest BCUT2D eigenvalue weighted by Crippen LogP contribution is 2.47. The van der Waals surface area contributed by atoms with Gasteiger partial charge in [-0.1, -0.05) is 26.3 Å². The first-order valence-electron chi connectivity index (χ1n) is 9.21. The predicted octanol–water partition coefficient (Wildman–Crippen LogP) is 4.49. The van der Waals surface area contributed by atoms with Crippen molar-refractivity contribution in [1.82, 2.24) is 0 Å². The van der Waals surface area contributed by atoms with Crippen LogP contribution in [-0.2, 0) is 16.0 Å². The van der Waals surface area contributed by atoms with Crippen molar-refractivity contribution < 1.29 is 18.7 Å². The maximum atomic E-state index is 14.0. The Bertz CT molecular complexity index is 682. The van der Waals surface area contributed by atoms with E-state index in [-0.39, 0.29) is 34.8 Å². The molecule has 0 amide bonds. The second-order valence-electron chi connectivity index (χ2n) is 7.32. The van der Waals surface area contributed by atoms with E-state index >= 15 is 0 Å². The molecule has 2 aliphatic rings. The Morgan fingerprint density at radius 3 is 2.92 bits per heavy atom. The van der Waals surface area contributed by atoms with Gasteiger partial charge in [-0.3, -0.25) is 4.79 Å². The van der Waals surface area contributed by atoms with Crippen LogP contribution in [0.3, 0.4) is 0 Å². The van der Waals surface area contributed by atoms with E-state index in [1.165, 1.54) is 7.11 Å². The summed E-state index contributed by atoms with van der Waals surface area (Å²) in [4.78, 5) is 12.4. The molecule has 3 atom stereocenters. The van der Waals surface area contributed by atoms with Crippen molar-refractivity contribution in [3.63, 3.8) is 0 Å². The molecular formula is C21H27FO3. The third-order valence-electron chi connectivity index (χ3n) is 5.73. The zero-order chi connectivity index (χ0) is 18.0. The lowest BCUT2D eigenvalue weighted by Gasteiger charge is -2.41. The quantitative estimate of drug-likeness (QED) is 0.761. The van der Waals surface area contributed by atoms with E-state index in [1.54, 1.807) is 12.1 Å². The fraction of sp³-hybridized carbons (Fsp3) is 0.571. The standard InChI is InChI=1S/C21H27FO3/c1-4-5-16-13-21(17(8-9-25-21)12-19(16)23)14(2)10-15-6-7-20(24-3)18(22)11-15/h6-7,11-12,14,16H,4-5,8-10,13H2,1-3H3/t14?,16-,21+/m0/s1. The van der Waals surface area contributed by atoms with E-state index in [4.69, 9.17) is 9.47 Å². The summed E-state index contributed by atoms with van der Waals surface area (Å²) in [6.45, 7) is 4.93. The van der Waals surface area contributed by atoms with E-state index in [9.17, 15) is 9.18 Å². The van der Waals surface area contributed by atoms with E-state index in [0.29, 0.717) is 13.0 Å². The average Bonchev–Trinajstić information content (AvgIpc) is 2.99. The maximum absolute atomic E-state index is 14.0. The first-order valence-corrected chi connectivity index (χ1v) is 9.21. The first kappa shape index (κ1) is 18.1. The number of ether oxygens (including phenoxy) is 2. The second-order valence-corrected chi connectivity index (χ2v) is 7.32. The topological polar surface area (TPSA) is 35.5 Å². The zero-order valence-corrected chi connectivity index (χ0v) is 15.3. The van der Waals surface area contributed by atoms with Crippen LogP contribution in [0.25, 0.3) is 0 Å². The van der Waals surface area contributed by atoms with Crippen LogP contribution < -0.4 is 4.74 Å². The van der Waals surface area contributed by atoms with Crippen molar-refractivity contribution in [2.75, 3.05) is 13.7 Å². The van der Waals surface area contributed by atoms with Crippen LogP contribution in [0.15, 0.2) is 29.8 Å². The van der Waals surface area contributed by atoms with Crippen molar-refractivity contribution in [2.24, 2.45) is 11.8 Å². The molecule has 1 saturated heterocycles. The van der Waals surface area contributed by atoms with Gasteiger partial charge in [-0.15, -0.1) is 0 Å². The predicted molar refractivity (Wildman–Crippen MR) is 95.2 cm³/mol. The number of carbonyl (C=O) groups is 1. The molecular weight excluding hydrogens is 319 g/mol. The van der Waals surface area contributed by atoms with Gasteiger partial charge in [-0.05, 0) is 60.9 Å². The van der Waals surface area contributed by atoms with Gasteiger partial charge in [0.05, 0.1) is 19.3 Å². The number of fused-ring (bicyclic) bond motifs is 1. The second kappa shape index (κ2) is 7.28. The Hall–Kier alpha value is -1.68. The summed E-state index contributed by atoms with van der Waals surface area (Å²) >= 11 is 0. The fourth-order valence-electron chi connectivity index (χ4n) is 4.40. The monoisotopic (exact) mass is 346 g/mol. The number of ketones is 1. The van der Waals surface area contributed by atoms with E-state index in [2.05, 4.69) is 13.8 Å². The van der Waals surface area contributed by atoms with Gasteiger partial charge in [0.15, 0.2) is 17.3 Å². The third-order valence-corrected chi connectivity index (χ3v) is 5.73. The lowest BCUT2D eigenvalue weighted by molar-refractivity contribution is -0.123. The van der Waals surface area contributed by atoms with Crippen LogP contribution in [0.2, 0.25) is 0 Å². The highest BCUT2D eigenvalue weighted by Gasteiger charge is 2.49. The molecule has 1 aromatic rings. The maximum Gasteiger partial charge on any atom is 0.165 e. The molecule has 3 nitrogen and oxygen atoms in total. The molecule has 0 N–H and O–H groups in total. The van der Waals surface area contributed by atoms with Crippen molar-refractivity contribution in [3.05, 3.63) is 41.2 Å². The smallest absolute Gasteiger partial charge is 0.165 e. The Labute approximate surface area is 149 Å². The number of carbonyl (C=O) groups excluding carboxylic acids is 1. The third kappa shape index (κ3) is 3.37. The Kier molecular flexibility index (Phi) is 5.28. The molecule has 0 spiro atoms. The van der Waals surface area contributed by atoms with Gasteiger partial charge in [0.1, 0.15) is 0 Å². The highest BCUT2D eigenvalue weighted by molar-refractivity contribution is 5.94. The number of hydrogen-bond donors (Lipinski definition) is 0. The number of methoxy groups -OCH3 is 1. The minimum atomic E-state index is -0.371. The fourth-order valence-corrected chi connectivity index (χ4v) is 4.40. The Morgan fingerprint density at radius 1 is 1.44 bits per heavy atom. The summed E-state index contributed by atoms with van der Waals surface area (Å²) in [5.41, 5.74) is 1.69. The summed E-state index contributed by atoms with van der Waals surface area (Å²) in [6.07, 6.45) is 6.02. The number of hydrogen-bond acceptors (Lipinski definition) is 3. The van der Waals surface area contributed by atoms with Crippen molar-refractivity contribution in [3.8, 4) is 5.75 Å². The van der Waals surface area contributed by atoms with Crippen LogP contribution in [-0.4, -0.2) is 25.1 Å². The van der Waals surface area contributed by atoms with Crippen LogP contribution >= 0.6 is 0 Å². The van der Waals surface area contributed by atoms with Gasteiger partial charge in [-0.2, -0.15) is 0 Å². The largest absolute Gasteiger partial charge is 0.494 e. The van der Waals surface area contributed by atoms with Gasteiger partial charge in [-0.25, -0.2) is 4.39 Å². The lowest BCUT2D eigenvalue weighted by atomic mass is 9.68. The van der Waals surface area contributed by atoms with Gasteiger partial charge in [0.2, 0.25) is 0 Å². The SMILES string of the molecule is CCC[C@H]1C[C@]2(C(C)Cc3ccc(OC)c(F)c3)OCCC2=CC1=O. The normalized spacial score (nSPS) is 27.0. The zero-order valence-electron chi connectivity index (χ0n) is 15.3. The molecule has 0 aromatic heterocycles. The number of allylic oxidation sites excluding steroid dienone is 1. The van der Waals surface area contributed by atoms with E-state index in [0.717, 1.165) is 36.8 Å². The van der Waals surface area contributed by atoms with Crippen LogP contribution in [0, 0.1) is 17.7 Å². The Morgan fingerprint density at radius 2 is 2.24 bits per heavy atom. The molecule has 0 radical (unpaired) electrons. The van der Waals surface area contributed by atoms with Crippen LogP contribution in [0.5, 0.6) is 5.75 Å². The summed E-state index contributed by atoms with van der Waals surface area (Å²) in [7, 11) is 1.47. The molecule has 1 heterocycles. The van der Waals surface area contributed by atoms with Crippen molar-refractivity contribution >= 4 is 5.78 Å². The van der Waals surface area contributed by atoms with Crippen molar-refractivity contribution in [1.29, 1.82) is 0 Å². The highest BCUT2D eigenvalue weighted by atomic mass is 19.1. The molecule has 1 aliphatic heterocycles. The summed E-state index contributed by atoms with van der Waals surface area (Å²) in [5, 5.41) is 0. The molecule has 136 valence electrons. The van der Waals surface area contributed by atoms with Crippen molar-refractivity contribution in [2.45, 2.75) is 51.6 Å². The molecule has 25 heavy (non-hydrogen) atoms. The van der Waals surface area contributed by atoms with Gasteiger partial charge in [0.25, 0.3) is 0 Å². The summed E-state index contributed by atoms with van der Waals surface area (Å²) in [5.74, 6) is 0.401. The molecule has 0 bridgehead atoms. The minimum absolute atomic E-state index is 0.0434. The van der Waals surface area contributed by atoms with Gasteiger partial charge < -0.3 is 9.47 Å². The summed E-state index contributed by atoms with van der Waals surface area (Å²) < 4.78 is 25.2.